The van der Waals surface area contributed by atoms with Gasteiger partial charge in [0.25, 0.3) is 5.91 Å². The van der Waals surface area contributed by atoms with Crippen molar-refractivity contribution in [3.05, 3.63) is 66.1 Å². The number of rotatable bonds is 4. The topological polar surface area (TPSA) is 88.3 Å². The summed E-state index contributed by atoms with van der Waals surface area (Å²) in [6.45, 7) is 0. The Balaban J connectivity index is 1.70. The van der Waals surface area contributed by atoms with Crippen LogP contribution in [0.4, 0.5) is 11.5 Å². The number of carbonyl (C=O) groups excluding carboxylic acids is 1. The number of halogens is 1. The van der Waals surface area contributed by atoms with Crippen LogP contribution in [0.15, 0.2) is 55.2 Å². The second-order valence-corrected chi connectivity index (χ2v) is 6.42. The van der Waals surface area contributed by atoms with Gasteiger partial charge in [-0.15, -0.1) is 0 Å². The van der Waals surface area contributed by atoms with Gasteiger partial charge in [0.05, 0.1) is 30.0 Å². The Morgan fingerprint density at radius 2 is 1.89 bits per heavy atom. The fourth-order valence-electron chi connectivity index (χ4n) is 2.76. The van der Waals surface area contributed by atoms with Crippen molar-refractivity contribution < 1.29 is 4.79 Å². The Morgan fingerprint density at radius 1 is 1.04 bits per heavy atom. The van der Waals surface area contributed by atoms with Gasteiger partial charge in [-0.25, -0.2) is 19.9 Å². The molecule has 0 atom stereocenters. The Kier molecular flexibility index (Phi) is 4.62. The van der Waals surface area contributed by atoms with Gasteiger partial charge in [-0.3, -0.25) is 9.20 Å². The van der Waals surface area contributed by atoms with Crippen LogP contribution < -0.4 is 10.2 Å². The first-order valence-corrected chi connectivity index (χ1v) is 8.81. The number of anilines is 2. The van der Waals surface area contributed by atoms with Crippen LogP contribution in [0.3, 0.4) is 0 Å². The van der Waals surface area contributed by atoms with Gasteiger partial charge in [-0.05, 0) is 24.3 Å². The number of hydrogen-bond donors (Lipinski definition) is 1. The summed E-state index contributed by atoms with van der Waals surface area (Å²) in [5.74, 6) is 0.502. The highest BCUT2D eigenvalue weighted by Gasteiger charge is 2.17. The van der Waals surface area contributed by atoms with E-state index in [1.54, 1.807) is 44.0 Å². The molecule has 1 amide bonds. The molecule has 9 heteroatoms. The number of pyridine rings is 2. The molecule has 0 bridgehead atoms. The summed E-state index contributed by atoms with van der Waals surface area (Å²) in [4.78, 5) is 31.3. The minimum atomic E-state index is -0.269. The molecule has 1 N–H and O–H groups in total. The Bertz CT molecular complexity index is 1140. The molecule has 4 rings (SSSR count). The molecule has 0 saturated carbocycles. The zero-order valence-electron chi connectivity index (χ0n) is 15.2. The van der Waals surface area contributed by atoms with Crippen LogP contribution in [-0.2, 0) is 0 Å². The van der Waals surface area contributed by atoms with Crippen LogP contribution in [0, 0.1) is 0 Å². The van der Waals surface area contributed by atoms with Gasteiger partial charge in [-0.2, -0.15) is 0 Å². The fraction of sp³-hybridized carbons (Fsp3) is 0.105. The van der Waals surface area contributed by atoms with Crippen LogP contribution in [0.1, 0.15) is 10.5 Å². The van der Waals surface area contributed by atoms with Crippen LogP contribution in [0.25, 0.3) is 16.9 Å². The van der Waals surface area contributed by atoms with Crippen LogP contribution in [0.2, 0.25) is 5.15 Å². The summed E-state index contributed by atoms with van der Waals surface area (Å²) in [5.41, 5.74) is 3.24. The highest BCUT2D eigenvalue weighted by molar-refractivity contribution is 6.29. The molecular weight excluding hydrogens is 378 g/mol. The van der Waals surface area contributed by atoms with Crippen molar-refractivity contribution in [1.82, 2.24) is 24.3 Å². The summed E-state index contributed by atoms with van der Waals surface area (Å²) >= 11 is 5.81. The van der Waals surface area contributed by atoms with Crippen LogP contribution in [-0.4, -0.2) is 44.3 Å². The molecule has 0 aliphatic rings. The number of imidazole rings is 1. The number of aromatic nitrogens is 5. The summed E-state index contributed by atoms with van der Waals surface area (Å²) in [6, 6.07) is 7.18. The maximum Gasteiger partial charge on any atom is 0.278 e. The minimum absolute atomic E-state index is 0.269. The lowest BCUT2D eigenvalue weighted by atomic mass is 10.2. The number of nitrogens with zero attached hydrogens (tertiary/aromatic N) is 6. The number of fused-ring (bicyclic) bond motifs is 1. The van der Waals surface area contributed by atoms with Crippen molar-refractivity contribution in [1.29, 1.82) is 0 Å². The van der Waals surface area contributed by atoms with E-state index < -0.39 is 0 Å². The average Bonchev–Trinajstić information content (AvgIpc) is 3.16. The lowest BCUT2D eigenvalue weighted by Gasteiger charge is -2.16. The highest BCUT2D eigenvalue weighted by Crippen LogP contribution is 2.22. The maximum absolute atomic E-state index is 12.9. The van der Waals surface area contributed by atoms with Gasteiger partial charge in [0.2, 0.25) is 0 Å². The van der Waals surface area contributed by atoms with Gasteiger partial charge < -0.3 is 10.2 Å². The number of carbonyl (C=O) groups is 1. The van der Waals surface area contributed by atoms with E-state index in [1.165, 1.54) is 11.1 Å². The van der Waals surface area contributed by atoms with Gasteiger partial charge in [-0.1, -0.05) is 11.6 Å². The monoisotopic (exact) mass is 393 g/mol. The molecule has 8 nitrogen and oxygen atoms in total. The zero-order chi connectivity index (χ0) is 19.7. The van der Waals surface area contributed by atoms with E-state index in [1.807, 2.05) is 23.6 Å². The van der Waals surface area contributed by atoms with Crippen LogP contribution >= 0.6 is 11.6 Å². The van der Waals surface area contributed by atoms with E-state index in [0.717, 1.165) is 17.1 Å². The smallest absolute Gasteiger partial charge is 0.278 e. The van der Waals surface area contributed by atoms with Crippen molar-refractivity contribution >= 4 is 34.7 Å². The van der Waals surface area contributed by atoms with Crippen molar-refractivity contribution in [2.24, 2.45) is 0 Å². The van der Waals surface area contributed by atoms with Gasteiger partial charge in [0.1, 0.15) is 16.7 Å². The zero-order valence-corrected chi connectivity index (χ0v) is 15.9. The predicted molar refractivity (Wildman–Crippen MR) is 108 cm³/mol. The molecule has 0 radical (unpaired) electrons. The Labute approximate surface area is 165 Å². The Hall–Kier alpha value is -3.52. The molecule has 140 valence electrons. The lowest BCUT2D eigenvalue weighted by molar-refractivity contribution is 0.0987. The summed E-state index contributed by atoms with van der Waals surface area (Å²) < 4.78 is 1.82. The molecule has 4 aromatic heterocycles. The van der Waals surface area contributed by atoms with E-state index in [4.69, 9.17) is 11.6 Å². The van der Waals surface area contributed by atoms with Crippen molar-refractivity contribution in [2.45, 2.75) is 0 Å². The third-order valence-corrected chi connectivity index (χ3v) is 4.56. The maximum atomic E-state index is 12.9. The molecule has 0 saturated heterocycles. The molecule has 4 aromatic rings. The van der Waals surface area contributed by atoms with Crippen molar-refractivity contribution in [3.8, 4) is 11.3 Å². The van der Waals surface area contributed by atoms with Gasteiger partial charge in [0.15, 0.2) is 5.65 Å². The fourth-order valence-corrected chi connectivity index (χ4v) is 2.87. The largest absolute Gasteiger partial charge is 0.373 e. The highest BCUT2D eigenvalue weighted by atomic mass is 35.5. The molecule has 0 aliphatic carbocycles. The number of amides is 1. The third-order valence-electron chi connectivity index (χ3n) is 4.33. The molecule has 0 aromatic carbocycles. The first-order chi connectivity index (χ1) is 13.6. The molecule has 0 aliphatic heterocycles. The molecule has 0 unspecified atom stereocenters. The van der Waals surface area contributed by atoms with Crippen molar-refractivity contribution in [3.63, 3.8) is 0 Å². The second-order valence-electron chi connectivity index (χ2n) is 6.03. The molecule has 0 fully saturated rings. The van der Waals surface area contributed by atoms with Crippen LogP contribution in [0.5, 0.6) is 0 Å². The van der Waals surface area contributed by atoms with E-state index in [-0.39, 0.29) is 11.6 Å². The third kappa shape index (κ3) is 3.25. The Morgan fingerprint density at radius 3 is 2.57 bits per heavy atom. The predicted octanol–water partition coefficient (Wildman–Crippen LogP) is 3.16. The minimum Gasteiger partial charge on any atom is -0.373 e. The van der Waals surface area contributed by atoms with Crippen molar-refractivity contribution in [2.75, 3.05) is 24.3 Å². The average molecular weight is 394 g/mol. The van der Waals surface area contributed by atoms with E-state index >= 15 is 0 Å². The second kappa shape index (κ2) is 7.24. The lowest BCUT2D eigenvalue weighted by Crippen LogP contribution is -2.27. The normalized spacial score (nSPS) is 10.8. The first-order valence-electron chi connectivity index (χ1n) is 8.43. The summed E-state index contributed by atoms with van der Waals surface area (Å²) in [7, 11) is 3.47. The van der Waals surface area contributed by atoms with Gasteiger partial charge >= 0.3 is 0 Å². The quantitative estimate of drug-likeness (QED) is 0.536. The standard InChI is InChI=1S/C19H16ClN7O/c1-21-17-6-3-12(7-24-17)15-9-25-18-10-22-14(11-27(15)18)19(28)26(2)13-4-5-16(20)23-8-13/h3-11H,1-2H3,(H,21,24). The molecule has 28 heavy (non-hydrogen) atoms. The van der Waals surface area contributed by atoms with Gasteiger partial charge in [0, 0.05) is 32.1 Å². The first kappa shape index (κ1) is 17.9. The van der Waals surface area contributed by atoms with E-state index in [2.05, 4.69) is 25.3 Å². The number of nitrogens with one attached hydrogen (secondary N) is 1. The summed E-state index contributed by atoms with van der Waals surface area (Å²) in [6.07, 6.45) is 8.26. The number of hydrogen-bond acceptors (Lipinski definition) is 6. The summed E-state index contributed by atoms with van der Waals surface area (Å²) in [5, 5.41) is 3.35. The van der Waals surface area contributed by atoms with E-state index in [9.17, 15) is 4.79 Å². The SMILES string of the molecule is CNc1ccc(-c2cnc3cnc(C(=O)N(C)c4ccc(Cl)nc4)cn23)cn1. The van der Waals surface area contributed by atoms with E-state index in [0.29, 0.717) is 16.5 Å². The molecular formula is C19H16ClN7O. The molecule has 4 heterocycles. The molecule has 0 spiro atoms.